The minimum atomic E-state index is -2.98. The van der Waals surface area contributed by atoms with Crippen LogP contribution in [0.1, 0.15) is 0 Å². The third-order valence-electron chi connectivity index (χ3n) is 0.376. The van der Waals surface area contributed by atoms with Gasteiger partial charge in [-0.3, -0.25) is 0 Å². The number of allylic oxidation sites excluding steroid dienone is 1. The predicted octanol–water partition coefficient (Wildman–Crippen LogP) is 2.45. The van der Waals surface area contributed by atoms with Crippen LogP contribution in [0.4, 0.5) is 0 Å². The molecule has 0 aliphatic carbocycles. The third kappa shape index (κ3) is 11.2. The van der Waals surface area contributed by atoms with Crippen molar-refractivity contribution in [2.24, 2.45) is 0 Å². The summed E-state index contributed by atoms with van der Waals surface area (Å²) >= 11 is -2.98. The Balaban J connectivity index is 0. The molecule has 0 aliphatic heterocycles. The van der Waals surface area contributed by atoms with Crippen molar-refractivity contribution in [3.63, 3.8) is 0 Å². The predicted molar refractivity (Wildman–Crippen MR) is 44.1 cm³/mol. The summed E-state index contributed by atoms with van der Waals surface area (Å²) in [5, 5.41) is 0. The van der Waals surface area contributed by atoms with E-state index in [9.17, 15) is 0 Å². The maximum Gasteiger partial charge on any atom is 0 e. The zero-order valence-electron chi connectivity index (χ0n) is 4.13. The van der Waals surface area contributed by atoms with Crippen LogP contribution in [-0.4, -0.2) is 42.3 Å². The van der Waals surface area contributed by atoms with Crippen molar-refractivity contribution in [1.29, 1.82) is 0 Å². The van der Waals surface area contributed by atoms with E-state index >= 15 is 0 Å². The average Bonchev–Trinajstić information content (AvgIpc) is 1.30. The molecule has 0 unspecified atom stereocenters. The standard InChI is InChI=1S/C3H5.3ClH.Pb.Sn/c1-3-2;;;;;/h3H,1-2H2;3*1H;;/q;;;;;+3/p-3. The Hall–Kier alpha value is 2.33. The second-order valence-corrected chi connectivity index (χ2v) is 22.7. The molecule has 0 aromatic carbocycles. The first-order valence-electron chi connectivity index (χ1n) is 1.74. The van der Waals surface area contributed by atoms with Gasteiger partial charge in [-0.15, -0.1) is 0 Å². The molecule has 0 aromatic rings. The molecule has 46 valence electrons. The van der Waals surface area contributed by atoms with Gasteiger partial charge in [-0.25, -0.2) is 0 Å². The van der Waals surface area contributed by atoms with Crippen LogP contribution in [0, 0.1) is 0 Å². The molecular formula is C3H5Cl3PbSn. The van der Waals surface area contributed by atoms with Gasteiger partial charge in [-0.2, -0.15) is 0 Å². The summed E-state index contributed by atoms with van der Waals surface area (Å²) in [6, 6.07) is 0. The number of rotatable bonds is 2. The molecule has 0 heterocycles. The van der Waals surface area contributed by atoms with E-state index in [0.717, 1.165) is 0 Å². The van der Waals surface area contributed by atoms with Crippen molar-refractivity contribution in [1.82, 2.24) is 0 Å². The maximum absolute atomic E-state index is 5.50. The van der Waals surface area contributed by atoms with Crippen LogP contribution in [-0.2, 0) is 0 Å². The van der Waals surface area contributed by atoms with E-state index in [1.54, 1.807) is 6.08 Å². The molecule has 0 saturated carbocycles. The maximum atomic E-state index is 5.50. The van der Waals surface area contributed by atoms with E-state index in [0.29, 0.717) is 4.44 Å². The molecule has 0 bridgehead atoms. The minimum absolute atomic E-state index is 0. The van der Waals surface area contributed by atoms with E-state index in [1.165, 1.54) is 0 Å². The molecule has 0 fully saturated rings. The number of hydrogen-bond acceptors (Lipinski definition) is 0. The molecule has 0 saturated heterocycles. The van der Waals surface area contributed by atoms with Gasteiger partial charge >= 0.3 is 58.9 Å². The quantitative estimate of drug-likeness (QED) is 0.427. The molecule has 5 heteroatoms. The Morgan fingerprint density at radius 3 is 1.75 bits per heavy atom. The van der Waals surface area contributed by atoms with E-state index < -0.39 is 15.0 Å². The van der Waals surface area contributed by atoms with Crippen molar-refractivity contribution in [3.8, 4) is 0 Å². The molecule has 0 aliphatic rings. The first-order valence-corrected chi connectivity index (χ1v) is 14.6. The minimum Gasteiger partial charge on any atom is 0 e. The summed E-state index contributed by atoms with van der Waals surface area (Å²) in [6.07, 6.45) is 1.66. The molecule has 0 rings (SSSR count). The summed E-state index contributed by atoms with van der Waals surface area (Å²) in [5.74, 6) is 0. The van der Waals surface area contributed by atoms with Crippen LogP contribution in [0.25, 0.3) is 0 Å². The van der Waals surface area contributed by atoms with Crippen molar-refractivity contribution < 1.29 is 0 Å². The first-order chi connectivity index (χ1) is 3.06. The van der Waals surface area contributed by atoms with E-state index in [2.05, 4.69) is 6.58 Å². The van der Waals surface area contributed by atoms with Crippen LogP contribution in [0.15, 0.2) is 12.7 Å². The summed E-state index contributed by atoms with van der Waals surface area (Å²) in [4.78, 5) is 0. The SMILES string of the molecule is C=C[CH2][Sn]([Cl])([Cl])[Cl].[Pb]. The molecule has 0 aromatic heterocycles. The third-order valence-corrected chi connectivity index (χ3v) is 5.63. The van der Waals surface area contributed by atoms with Crippen molar-refractivity contribution in [2.45, 2.75) is 4.44 Å². The van der Waals surface area contributed by atoms with Gasteiger partial charge in [0.05, 0.1) is 0 Å². The Bertz CT molecular complexity index is 69.4. The fraction of sp³-hybridized carbons (Fsp3) is 0.333. The van der Waals surface area contributed by atoms with Crippen molar-refractivity contribution in [3.05, 3.63) is 12.7 Å². The topological polar surface area (TPSA) is 0 Å². The fourth-order valence-corrected chi connectivity index (χ4v) is 3.29. The molecule has 8 heavy (non-hydrogen) atoms. The van der Waals surface area contributed by atoms with E-state index in [-0.39, 0.29) is 27.3 Å². The van der Waals surface area contributed by atoms with Crippen LogP contribution in [0.2, 0.25) is 4.44 Å². The Morgan fingerprint density at radius 2 is 1.75 bits per heavy atom. The van der Waals surface area contributed by atoms with Crippen molar-refractivity contribution in [2.75, 3.05) is 0 Å². The van der Waals surface area contributed by atoms with Crippen LogP contribution >= 0.6 is 26.8 Å². The van der Waals surface area contributed by atoms with Crippen LogP contribution in [0.3, 0.4) is 0 Å². The fourth-order valence-electron chi connectivity index (χ4n) is 0.164. The molecule has 0 N–H and O–H groups in total. The summed E-state index contributed by atoms with van der Waals surface area (Å²) in [5.41, 5.74) is 0. The monoisotopic (exact) mass is 474 g/mol. The van der Waals surface area contributed by atoms with Gasteiger partial charge in [0.15, 0.2) is 0 Å². The second kappa shape index (κ2) is 6.07. The molecule has 4 radical (unpaired) electrons. The van der Waals surface area contributed by atoms with Gasteiger partial charge in [0.25, 0.3) is 0 Å². The molecule has 0 atom stereocenters. The van der Waals surface area contributed by atoms with Gasteiger partial charge in [0, 0.05) is 27.3 Å². The largest absolute Gasteiger partial charge is 0 e. The molecule has 0 nitrogen and oxygen atoms in total. The van der Waals surface area contributed by atoms with Crippen LogP contribution < -0.4 is 0 Å². The molecule has 0 amide bonds. The zero-order chi connectivity index (χ0) is 5.91. The van der Waals surface area contributed by atoms with Gasteiger partial charge < -0.3 is 0 Å². The first kappa shape index (κ1) is 13.0. The summed E-state index contributed by atoms with van der Waals surface area (Å²) in [6.45, 7) is 3.45. The van der Waals surface area contributed by atoms with Crippen molar-refractivity contribution >= 4 is 69.1 Å². The average molecular weight is 473 g/mol. The number of hydrogen-bond donors (Lipinski definition) is 0. The normalized spacial score (nSPS) is 9.88. The van der Waals surface area contributed by atoms with Gasteiger partial charge in [-0.1, -0.05) is 0 Å². The van der Waals surface area contributed by atoms with Gasteiger partial charge in [0.1, 0.15) is 0 Å². The molecule has 0 spiro atoms. The Labute approximate surface area is 84.7 Å². The smallest absolute Gasteiger partial charge is 0 e. The molecular weight excluding hydrogens is 468 g/mol. The number of halogens is 3. The Morgan fingerprint density at radius 1 is 1.38 bits per heavy atom. The summed E-state index contributed by atoms with van der Waals surface area (Å²) < 4.78 is 0.610. The van der Waals surface area contributed by atoms with E-state index in [1.807, 2.05) is 0 Å². The van der Waals surface area contributed by atoms with Gasteiger partial charge in [-0.05, 0) is 0 Å². The van der Waals surface area contributed by atoms with E-state index in [4.69, 9.17) is 26.8 Å². The Kier molecular flexibility index (Phi) is 9.83. The van der Waals surface area contributed by atoms with Crippen LogP contribution in [0.5, 0.6) is 0 Å². The summed E-state index contributed by atoms with van der Waals surface area (Å²) in [7, 11) is 16.5. The van der Waals surface area contributed by atoms with Gasteiger partial charge in [0.2, 0.25) is 0 Å². The second-order valence-electron chi connectivity index (χ2n) is 1.11. The zero-order valence-corrected chi connectivity index (χ0v) is 13.1.